The average Bonchev–Trinajstić information content (AvgIpc) is 2.03. The van der Waals surface area contributed by atoms with E-state index in [2.05, 4.69) is 13.8 Å². The normalized spacial score (nSPS) is 39.8. The topological polar surface area (TPSA) is 37.3 Å². The average molecular weight is 170 g/mol. The van der Waals surface area contributed by atoms with E-state index in [0.717, 1.165) is 12.8 Å². The molecule has 0 aromatic heterocycles. The number of hydrogen-bond donors (Lipinski definition) is 1. The zero-order valence-corrected chi connectivity index (χ0v) is 8.35. The van der Waals surface area contributed by atoms with Gasteiger partial charge in [0.2, 0.25) is 0 Å². The molecule has 0 saturated heterocycles. The number of carboxylic acids is 1. The van der Waals surface area contributed by atoms with Gasteiger partial charge in [0, 0.05) is 0 Å². The molecule has 0 spiro atoms. The molecular weight excluding hydrogens is 152 g/mol. The second-order valence-corrected chi connectivity index (χ2v) is 5.17. The van der Waals surface area contributed by atoms with Gasteiger partial charge >= 0.3 is 5.97 Å². The molecule has 2 nitrogen and oxygen atoms in total. The van der Waals surface area contributed by atoms with E-state index in [0.29, 0.717) is 5.92 Å². The largest absolute Gasteiger partial charge is 0.481 e. The Morgan fingerprint density at radius 3 is 2.08 bits per heavy atom. The molecule has 0 heterocycles. The fourth-order valence-corrected chi connectivity index (χ4v) is 2.58. The molecule has 12 heavy (non-hydrogen) atoms. The molecule has 0 unspecified atom stereocenters. The molecule has 1 fully saturated rings. The lowest BCUT2D eigenvalue weighted by Gasteiger charge is -2.24. The van der Waals surface area contributed by atoms with Crippen LogP contribution in [0.5, 0.6) is 0 Å². The van der Waals surface area contributed by atoms with E-state index in [1.165, 1.54) is 0 Å². The highest BCUT2D eigenvalue weighted by Gasteiger charge is 2.50. The van der Waals surface area contributed by atoms with Crippen molar-refractivity contribution in [1.82, 2.24) is 0 Å². The first-order valence-corrected chi connectivity index (χ1v) is 4.51. The van der Waals surface area contributed by atoms with Crippen LogP contribution in [0.15, 0.2) is 0 Å². The van der Waals surface area contributed by atoms with Crippen LogP contribution in [-0.4, -0.2) is 11.1 Å². The summed E-state index contributed by atoms with van der Waals surface area (Å²) in [5.41, 5.74) is -0.296. The fourth-order valence-electron chi connectivity index (χ4n) is 2.58. The van der Waals surface area contributed by atoms with Crippen LogP contribution >= 0.6 is 0 Å². The summed E-state index contributed by atoms with van der Waals surface area (Å²) in [7, 11) is 0. The number of carbonyl (C=O) groups is 1. The van der Waals surface area contributed by atoms with E-state index in [4.69, 9.17) is 5.11 Å². The minimum absolute atomic E-state index is 0.201. The third-order valence-corrected chi connectivity index (χ3v) is 3.28. The molecule has 0 amide bonds. The standard InChI is InChI=1S/C10H18O2/c1-7-5-9(2,3)6-10(7,4)8(11)12/h7H,5-6H2,1-4H3,(H,11,12)/t7-,10+/m0/s1. The first-order valence-electron chi connectivity index (χ1n) is 4.51. The molecule has 0 aromatic rings. The van der Waals surface area contributed by atoms with Crippen LogP contribution in [0.2, 0.25) is 0 Å². The van der Waals surface area contributed by atoms with Crippen LogP contribution in [0.4, 0.5) is 0 Å². The van der Waals surface area contributed by atoms with E-state index < -0.39 is 11.4 Å². The van der Waals surface area contributed by atoms with Gasteiger partial charge in [-0.1, -0.05) is 20.8 Å². The number of aliphatic carboxylic acids is 1. The number of hydrogen-bond acceptors (Lipinski definition) is 1. The third kappa shape index (κ3) is 1.35. The van der Waals surface area contributed by atoms with Gasteiger partial charge in [-0.3, -0.25) is 4.79 Å². The second-order valence-electron chi connectivity index (χ2n) is 5.17. The van der Waals surface area contributed by atoms with Crippen molar-refractivity contribution in [3.63, 3.8) is 0 Å². The monoisotopic (exact) mass is 170 g/mol. The Kier molecular flexibility index (Phi) is 1.97. The minimum atomic E-state index is -0.638. The summed E-state index contributed by atoms with van der Waals surface area (Å²) in [4.78, 5) is 11.0. The molecule has 1 aliphatic carbocycles. The second kappa shape index (κ2) is 2.48. The smallest absolute Gasteiger partial charge is 0.309 e. The molecule has 0 radical (unpaired) electrons. The highest BCUT2D eigenvalue weighted by atomic mass is 16.4. The third-order valence-electron chi connectivity index (χ3n) is 3.28. The highest BCUT2D eigenvalue weighted by Crippen LogP contribution is 2.52. The van der Waals surface area contributed by atoms with Gasteiger partial charge < -0.3 is 5.11 Å². The lowest BCUT2D eigenvalue weighted by Crippen LogP contribution is -2.30. The summed E-state index contributed by atoms with van der Waals surface area (Å²) in [5.74, 6) is -0.342. The maximum absolute atomic E-state index is 11.0. The molecule has 1 saturated carbocycles. The quantitative estimate of drug-likeness (QED) is 0.656. The molecule has 1 aliphatic rings. The zero-order valence-electron chi connectivity index (χ0n) is 8.35. The maximum atomic E-state index is 11.0. The lowest BCUT2D eigenvalue weighted by atomic mass is 9.80. The van der Waals surface area contributed by atoms with Crippen molar-refractivity contribution in [3.8, 4) is 0 Å². The molecule has 0 aliphatic heterocycles. The van der Waals surface area contributed by atoms with Crippen molar-refractivity contribution >= 4 is 5.97 Å². The molecule has 0 bridgehead atoms. The molecule has 0 aromatic carbocycles. The van der Waals surface area contributed by atoms with Crippen LogP contribution in [0.3, 0.4) is 0 Å². The Bertz CT molecular complexity index is 208. The van der Waals surface area contributed by atoms with Crippen LogP contribution in [0, 0.1) is 16.7 Å². The van der Waals surface area contributed by atoms with Crippen LogP contribution in [0.25, 0.3) is 0 Å². The van der Waals surface area contributed by atoms with Gasteiger partial charge in [0.25, 0.3) is 0 Å². The van der Waals surface area contributed by atoms with Crippen molar-refractivity contribution in [2.24, 2.45) is 16.7 Å². The summed E-state index contributed by atoms with van der Waals surface area (Å²) < 4.78 is 0. The molecular formula is C10H18O2. The SMILES string of the molecule is C[C@H]1CC(C)(C)C[C@@]1(C)C(=O)O. The highest BCUT2D eigenvalue weighted by molar-refractivity contribution is 5.75. The van der Waals surface area contributed by atoms with E-state index >= 15 is 0 Å². The zero-order chi connectivity index (χ0) is 9.57. The van der Waals surface area contributed by atoms with E-state index in [1.807, 2.05) is 13.8 Å². The minimum Gasteiger partial charge on any atom is -0.481 e. The van der Waals surface area contributed by atoms with Crippen molar-refractivity contribution in [2.45, 2.75) is 40.5 Å². The summed E-state index contributed by atoms with van der Waals surface area (Å²) in [6, 6.07) is 0. The van der Waals surface area contributed by atoms with Gasteiger partial charge in [-0.05, 0) is 31.1 Å². The van der Waals surface area contributed by atoms with E-state index in [-0.39, 0.29) is 5.41 Å². The summed E-state index contributed by atoms with van der Waals surface area (Å²) in [6.45, 7) is 8.22. The van der Waals surface area contributed by atoms with E-state index in [9.17, 15) is 4.79 Å². The molecule has 1 N–H and O–H groups in total. The van der Waals surface area contributed by atoms with Crippen molar-refractivity contribution < 1.29 is 9.90 Å². The predicted octanol–water partition coefficient (Wildman–Crippen LogP) is 2.53. The van der Waals surface area contributed by atoms with Gasteiger partial charge in [0.15, 0.2) is 0 Å². The van der Waals surface area contributed by atoms with Crippen molar-refractivity contribution in [2.75, 3.05) is 0 Å². The summed E-state index contributed by atoms with van der Waals surface area (Å²) in [5, 5.41) is 9.08. The van der Waals surface area contributed by atoms with Gasteiger partial charge in [0.05, 0.1) is 5.41 Å². The Labute approximate surface area is 74.0 Å². The van der Waals surface area contributed by atoms with Crippen LogP contribution < -0.4 is 0 Å². The van der Waals surface area contributed by atoms with Gasteiger partial charge in [-0.25, -0.2) is 0 Å². The lowest BCUT2D eigenvalue weighted by molar-refractivity contribution is -0.150. The molecule has 2 heteroatoms. The van der Waals surface area contributed by atoms with Crippen molar-refractivity contribution in [3.05, 3.63) is 0 Å². The number of rotatable bonds is 1. The van der Waals surface area contributed by atoms with Crippen molar-refractivity contribution in [1.29, 1.82) is 0 Å². The Morgan fingerprint density at radius 2 is 1.92 bits per heavy atom. The maximum Gasteiger partial charge on any atom is 0.309 e. The van der Waals surface area contributed by atoms with Gasteiger partial charge in [-0.15, -0.1) is 0 Å². The van der Waals surface area contributed by atoms with E-state index in [1.54, 1.807) is 0 Å². The Hall–Kier alpha value is -0.530. The molecule has 70 valence electrons. The Morgan fingerprint density at radius 1 is 1.42 bits per heavy atom. The summed E-state index contributed by atoms with van der Waals surface area (Å²) >= 11 is 0. The van der Waals surface area contributed by atoms with Crippen LogP contribution in [-0.2, 0) is 4.79 Å². The number of carboxylic acid groups (broad SMARTS) is 1. The van der Waals surface area contributed by atoms with Crippen LogP contribution in [0.1, 0.15) is 40.5 Å². The Balaban J connectivity index is 2.89. The van der Waals surface area contributed by atoms with Gasteiger partial charge in [-0.2, -0.15) is 0 Å². The predicted molar refractivity (Wildman–Crippen MR) is 47.9 cm³/mol. The fraction of sp³-hybridized carbons (Fsp3) is 0.900. The molecule has 2 atom stereocenters. The summed E-state index contributed by atoms with van der Waals surface area (Å²) in [6.07, 6.45) is 1.83. The molecule has 1 rings (SSSR count). The van der Waals surface area contributed by atoms with Gasteiger partial charge in [0.1, 0.15) is 0 Å². The first kappa shape index (κ1) is 9.56. The first-order chi connectivity index (χ1) is 5.28.